The molecule has 5 nitrogen and oxygen atoms in total. The standard InChI is InChI=1S/C15H21N3O2S/c1-11-9-18-12(10-21-14(18)16-11)8-13(19)17-6-3-4-15(2,20)5-7-17/h9-10,20H,3-8H2,1-2H3. The third-order valence-corrected chi connectivity index (χ3v) is 5.04. The topological polar surface area (TPSA) is 57.8 Å². The molecule has 2 aromatic heterocycles. The van der Waals surface area contributed by atoms with E-state index in [2.05, 4.69) is 4.98 Å². The molecular formula is C15H21N3O2S. The van der Waals surface area contributed by atoms with Crippen molar-refractivity contribution in [3.63, 3.8) is 0 Å². The lowest BCUT2D eigenvalue weighted by atomic mass is 9.98. The molecule has 114 valence electrons. The first-order valence-electron chi connectivity index (χ1n) is 7.37. The summed E-state index contributed by atoms with van der Waals surface area (Å²) in [4.78, 5) is 19.7. The Balaban J connectivity index is 1.71. The second kappa shape index (κ2) is 5.42. The summed E-state index contributed by atoms with van der Waals surface area (Å²) in [6.45, 7) is 5.20. The van der Waals surface area contributed by atoms with Crippen molar-refractivity contribution < 1.29 is 9.90 Å². The van der Waals surface area contributed by atoms with Crippen molar-refractivity contribution in [2.75, 3.05) is 13.1 Å². The Labute approximate surface area is 128 Å². The highest BCUT2D eigenvalue weighted by molar-refractivity contribution is 7.15. The molecule has 0 bridgehead atoms. The number of aliphatic hydroxyl groups is 1. The smallest absolute Gasteiger partial charge is 0.228 e. The molecule has 0 aliphatic carbocycles. The second-order valence-electron chi connectivity index (χ2n) is 6.17. The highest BCUT2D eigenvalue weighted by Gasteiger charge is 2.27. The lowest BCUT2D eigenvalue weighted by molar-refractivity contribution is -0.130. The molecule has 3 rings (SSSR count). The van der Waals surface area contributed by atoms with E-state index in [4.69, 9.17) is 0 Å². The molecule has 0 radical (unpaired) electrons. The Morgan fingerprint density at radius 3 is 3.10 bits per heavy atom. The van der Waals surface area contributed by atoms with Crippen molar-refractivity contribution >= 4 is 22.2 Å². The van der Waals surface area contributed by atoms with Crippen LogP contribution in [0.3, 0.4) is 0 Å². The Bertz CT molecular complexity index is 659. The van der Waals surface area contributed by atoms with Crippen molar-refractivity contribution in [1.29, 1.82) is 0 Å². The number of hydrogen-bond acceptors (Lipinski definition) is 4. The molecule has 3 heterocycles. The lowest BCUT2D eigenvalue weighted by Crippen LogP contribution is -2.34. The first-order chi connectivity index (χ1) is 9.94. The van der Waals surface area contributed by atoms with Gasteiger partial charge >= 0.3 is 0 Å². The molecule has 2 aromatic rings. The van der Waals surface area contributed by atoms with Crippen LogP contribution in [0.5, 0.6) is 0 Å². The van der Waals surface area contributed by atoms with Gasteiger partial charge in [-0.2, -0.15) is 0 Å². The maximum absolute atomic E-state index is 12.5. The minimum Gasteiger partial charge on any atom is -0.390 e. The predicted molar refractivity (Wildman–Crippen MR) is 82.6 cm³/mol. The van der Waals surface area contributed by atoms with Gasteiger partial charge in [0.2, 0.25) is 5.91 Å². The van der Waals surface area contributed by atoms with Crippen molar-refractivity contribution in [2.45, 2.75) is 45.1 Å². The van der Waals surface area contributed by atoms with Crippen molar-refractivity contribution in [3.05, 3.63) is 23.0 Å². The summed E-state index contributed by atoms with van der Waals surface area (Å²) < 4.78 is 2.01. The molecule has 1 N–H and O–H groups in total. The van der Waals surface area contributed by atoms with Gasteiger partial charge in [-0.25, -0.2) is 4.98 Å². The minimum absolute atomic E-state index is 0.138. The van der Waals surface area contributed by atoms with E-state index in [0.717, 1.165) is 35.7 Å². The zero-order valence-electron chi connectivity index (χ0n) is 12.5. The van der Waals surface area contributed by atoms with Crippen LogP contribution in [-0.4, -0.2) is 44.0 Å². The zero-order valence-corrected chi connectivity index (χ0v) is 13.3. The number of nitrogens with zero attached hydrogens (tertiary/aromatic N) is 3. The summed E-state index contributed by atoms with van der Waals surface area (Å²) in [5, 5.41) is 12.1. The van der Waals surface area contributed by atoms with Crippen LogP contribution >= 0.6 is 11.3 Å². The second-order valence-corrected chi connectivity index (χ2v) is 7.01. The van der Waals surface area contributed by atoms with Crippen LogP contribution in [0.1, 0.15) is 37.6 Å². The van der Waals surface area contributed by atoms with Crippen molar-refractivity contribution in [2.24, 2.45) is 0 Å². The molecule has 1 atom stereocenters. The van der Waals surface area contributed by atoms with Crippen molar-refractivity contribution in [1.82, 2.24) is 14.3 Å². The fourth-order valence-electron chi connectivity index (χ4n) is 2.85. The van der Waals surface area contributed by atoms with E-state index in [1.807, 2.05) is 34.7 Å². The molecule has 6 heteroatoms. The lowest BCUT2D eigenvalue weighted by Gasteiger charge is -2.22. The molecule has 0 aromatic carbocycles. The van der Waals surface area contributed by atoms with Gasteiger partial charge in [0.15, 0.2) is 4.96 Å². The highest BCUT2D eigenvalue weighted by atomic mass is 32.1. The van der Waals surface area contributed by atoms with Gasteiger partial charge in [-0.05, 0) is 33.1 Å². The predicted octanol–water partition coefficient (Wildman–Crippen LogP) is 2.01. The van der Waals surface area contributed by atoms with Crippen molar-refractivity contribution in [3.8, 4) is 0 Å². The van der Waals surface area contributed by atoms with Crippen LogP contribution in [0.25, 0.3) is 4.96 Å². The first kappa shape index (κ1) is 14.5. The number of carbonyl (C=O) groups excluding carboxylic acids is 1. The minimum atomic E-state index is -0.633. The van der Waals surface area contributed by atoms with Gasteiger partial charge in [0, 0.05) is 30.4 Å². The summed E-state index contributed by atoms with van der Waals surface area (Å²) in [6, 6.07) is 0. The largest absolute Gasteiger partial charge is 0.390 e. The zero-order chi connectivity index (χ0) is 15.0. The fourth-order valence-corrected chi connectivity index (χ4v) is 3.77. The summed E-state index contributed by atoms with van der Waals surface area (Å²) >= 11 is 1.57. The summed E-state index contributed by atoms with van der Waals surface area (Å²) in [5.74, 6) is 0.138. The van der Waals surface area contributed by atoms with Crippen LogP contribution in [-0.2, 0) is 11.2 Å². The van der Waals surface area contributed by atoms with Gasteiger partial charge in [0.1, 0.15) is 0 Å². The number of imidazole rings is 1. The third-order valence-electron chi connectivity index (χ3n) is 4.15. The molecule has 21 heavy (non-hydrogen) atoms. The number of fused-ring (bicyclic) bond motifs is 1. The Kier molecular flexibility index (Phi) is 3.75. The Morgan fingerprint density at radius 2 is 2.29 bits per heavy atom. The Morgan fingerprint density at radius 1 is 1.48 bits per heavy atom. The molecule has 0 spiro atoms. The fraction of sp³-hybridized carbons (Fsp3) is 0.600. The normalized spacial score (nSPS) is 23.5. The molecule has 1 unspecified atom stereocenters. The molecule has 0 saturated carbocycles. The van der Waals surface area contributed by atoms with Gasteiger partial charge in [0.25, 0.3) is 0 Å². The maximum Gasteiger partial charge on any atom is 0.228 e. The van der Waals surface area contributed by atoms with E-state index in [0.29, 0.717) is 19.4 Å². The number of aromatic nitrogens is 2. The van der Waals surface area contributed by atoms with Gasteiger partial charge in [-0.15, -0.1) is 11.3 Å². The van der Waals surface area contributed by atoms with Gasteiger partial charge in [-0.3, -0.25) is 9.20 Å². The molecule has 1 aliphatic heterocycles. The molecule has 1 amide bonds. The number of carbonyl (C=O) groups is 1. The van der Waals surface area contributed by atoms with E-state index in [9.17, 15) is 9.90 Å². The van der Waals surface area contributed by atoms with E-state index in [-0.39, 0.29) is 5.91 Å². The number of likely N-dealkylation sites (tertiary alicyclic amines) is 1. The monoisotopic (exact) mass is 307 g/mol. The van der Waals surface area contributed by atoms with E-state index in [1.165, 1.54) is 0 Å². The third kappa shape index (κ3) is 3.11. The molecule has 1 aliphatic rings. The number of amides is 1. The Hall–Kier alpha value is -1.40. The van der Waals surface area contributed by atoms with Gasteiger partial charge in [-0.1, -0.05) is 0 Å². The summed E-state index contributed by atoms with van der Waals surface area (Å²) in [6.07, 6.45) is 4.66. The van der Waals surface area contributed by atoms with Crippen LogP contribution in [0.15, 0.2) is 11.6 Å². The van der Waals surface area contributed by atoms with Crippen LogP contribution < -0.4 is 0 Å². The van der Waals surface area contributed by atoms with E-state index >= 15 is 0 Å². The number of thiazole rings is 1. The summed E-state index contributed by atoms with van der Waals surface area (Å²) in [7, 11) is 0. The van der Waals surface area contributed by atoms with Crippen LogP contribution in [0.4, 0.5) is 0 Å². The molecule has 1 saturated heterocycles. The average molecular weight is 307 g/mol. The van der Waals surface area contributed by atoms with Crippen LogP contribution in [0, 0.1) is 6.92 Å². The number of rotatable bonds is 2. The van der Waals surface area contributed by atoms with Crippen LogP contribution in [0.2, 0.25) is 0 Å². The molecular weight excluding hydrogens is 286 g/mol. The maximum atomic E-state index is 12.5. The molecule has 1 fully saturated rings. The SMILES string of the molecule is Cc1cn2c(CC(=O)N3CCCC(C)(O)CC3)csc2n1. The average Bonchev–Trinajstić information content (AvgIpc) is 2.87. The number of aryl methyl sites for hydroxylation is 1. The van der Waals surface area contributed by atoms with Gasteiger partial charge < -0.3 is 10.0 Å². The first-order valence-corrected chi connectivity index (χ1v) is 8.25. The summed E-state index contributed by atoms with van der Waals surface area (Å²) in [5.41, 5.74) is 1.34. The van der Waals surface area contributed by atoms with Gasteiger partial charge in [0.05, 0.1) is 17.7 Å². The quantitative estimate of drug-likeness (QED) is 0.923. The van der Waals surface area contributed by atoms with E-state index < -0.39 is 5.60 Å². The van der Waals surface area contributed by atoms with E-state index in [1.54, 1.807) is 11.3 Å². The number of hydrogen-bond donors (Lipinski definition) is 1. The highest BCUT2D eigenvalue weighted by Crippen LogP contribution is 2.22.